The van der Waals surface area contributed by atoms with Crippen molar-refractivity contribution in [2.75, 3.05) is 7.11 Å². The van der Waals surface area contributed by atoms with E-state index in [9.17, 15) is 9.59 Å². The summed E-state index contributed by atoms with van der Waals surface area (Å²) in [6.45, 7) is 3.76. The third-order valence-electron chi connectivity index (χ3n) is 4.26. The molecule has 1 N–H and O–H groups in total. The molecule has 0 saturated heterocycles. The first-order valence-electron chi connectivity index (χ1n) is 8.39. The number of carbonyl (C=O) groups excluding carboxylic acids is 1. The molecule has 2 aromatic heterocycles. The number of nitrogens with one attached hydrogen (secondary N) is 1. The molecular formula is C19H21N3O3S. The van der Waals surface area contributed by atoms with Gasteiger partial charge in [-0.25, -0.2) is 4.98 Å². The van der Waals surface area contributed by atoms with Crippen molar-refractivity contribution in [1.82, 2.24) is 14.7 Å². The van der Waals surface area contributed by atoms with Crippen LogP contribution in [0.5, 0.6) is 5.75 Å². The van der Waals surface area contributed by atoms with E-state index in [1.807, 2.05) is 43.5 Å². The number of rotatable bonds is 6. The lowest BCUT2D eigenvalue weighted by atomic mass is 10.1. The molecule has 136 valence electrons. The van der Waals surface area contributed by atoms with Crippen LogP contribution in [-0.4, -0.2) is 28.4 Å². The Morgan fingerprint density at radius 3 is 2.77 bits per heavy atom. The fourth-order valence-corrected chi connectivity index (χ4v) is 3.56. The summed E-state index contributed by atoms with van der Waals surface area (Å²) in [6, 6.07) is 7.80. The van der Waals surface area contributed by atoms with Gasteiger partial charge in [0.25, 0.3) is 11.5 Å². The minimum Gasteiger partial charge on any atom is -0.497 e. The number of methoxy groups -OCH3 is 1. The molecule has 1 amide bonds. The summed E-state index contributed by atoms with van der Waals surface area (Å²) in [4.78, 5) is 29.8. The van der Waals surface area contributed by atoms with Crippen LogP contribution < -0.4 is 15.6 Å². The maximum atomic E-state index is 12.5. The number of ether oxygens (including phenoxy) is 1. The van der Waals surface area contributed by atoms with E-state index in [0.29, 0.717) is 4.96 Å². The van der Waals surface area contributed by atoms with Gasteiger partial charge in [-0.2, -0.15) is 0 Å². The fourth-order valence-electron chi connectivity index (χ4n) is 2.73. The minimum absolute atomic E-state index is 0.0618. The predicted molar refractivity (Wildman–Crippen MR) is 102 cm³/mol. The van der Waals surface area contributed by atoms with Crippen molar-refractivity contribution < 1.29 is 9.53 Å². The summed E-state index contributed by atoms with van der Waals surface area (Å²) in [5.41, 5.74) is 1.70. The molecule has 0 fully saturated rings. The molecule has 7 heteroatoms. The zero-order valence-corrected chi connectivity index (χ0v) is 15.8. The average Bonchev–Trinajstić information content (AvgIpc) is 3.02. The molecule has 1 aromatic carbocycles. The van der Waals surface area contributed by atoms with E-state index < -0.39 is 0 Å². The number of nitrogens with zero attached hydrogens (tertiary/aromatic N) is 2. The van der Waals surface area contributed by atoms with Crippen molar-refractivity contribution in [1.29, 1.82) is 0 Å². The number of aromatic nitrogens is 2. The van der Waals surface area contributed by atoms with Crippen molar-refractivity contribution >= 4 is 22.2 Å². The number of aryl methyl sites for hydroxylation is 2. The molecule has 0 bridgehead atoms. The molecular weight excluding hydrogens is 350 g/mol. The lowest BCUT2D eigenvalue weighted by Gasteiger charge is -2.14. The molecule has 3 rings (SSSR count). The maximum Gasteiger partial charge on any atom is 0.271 e. The first kappa shape index (κ1) is 18.1. The molecule has 0 aliphatic rings. The molecule has 0 saturated carbocycles. The topological polar surface area (TPSA) is 72.7 Å². The predicted octanol–water partition coefficient (Wildman–Crippen LogP) is 2.82. The van der Waals surface area contributed by atoms with Crippen LogP contribution in [0.1, 0.15) is 35.0 Å². The second-order valence-corrected chi connectivity index (χ2v) is 7.07. The summed E-state index contributed by atoms with van der Waals surface area (Å²) >= 11 is 1.38. The van der Waals surface area contributed by atoms with Gasteiger partial charge in [-0.05, 0) is 44.4 Å². The van der Waals surface area contributed by atoms with Gasteiger partial charge in [-0.1, -0.05) is 12.1 Å². The van der Waals surface area contributed by atoms with E-state index in [1.165, 1.54) is 27.5 Å². The van der Waals surface area contributed by atoms with Crippen LogP contribution in [0.25, 0.3) is 4.96 Å². The summed E-state index contributed by atoms with van der Waals surface area (Å²) in [7, 11) is 1.64. The van der Waals surface area contributed by atoms with Gasteiger partial charge in [0.15, 0.2) is 4.96 Å². The van der Waals surface area contributed by atoms with Crippen molar-refractivity contribution in [3.8, 4) is 5.75 Å². The summed E-state index contributed by atoms with van der Waals surface area (Å²) < 4.78 is 6.62. The number of carbonyl (C=O) groups is 1. The van der Waals surface area contributed by atoms with E-state index in [-0.39, 0.29) is 23.1 Å². The lowest BCUT2D eigenvalue weighted by Crippen LogP contribution is -2.37. The van der Waals surface area contributed by atoms with Gasteiger partial charge < -0.3 is 10.1 Å². The lowest BCUT2D eigenvalue weighted by molar-refractivity contribution is 0.0936. The van der Waals surface area contributed by atoms with E-state index in [0.717, 1.165) is 24.3 Å². The number of hydrogen-bond donors (Lipinski definition) is 1. The van der Waals surface area contributed by atoms with Gasteiger partial charge in [-0.3, -0.25) is 14.0 Å². The van der Waals surface area contributed by atoms with Crippen molar-refractivity contribution in [2.24, 2.45) is 0 Å². The molecule has 0 spiro atoms. The van der Waals surface area contributed by atoms with Crippen LogP contribution in [0.4, 0.5) is 0 Å². The number of hydrogen-bond acceptors (Lipinski definition) is 5. The molecule has 0 aliphatic heterocycles. The Bertz CT molecular complexity index is 976. The molecule has 1 atom stereocenters. The number of thiazole rings is 1. The van der Waals surface area contributed by atoms with Gasteiger partial charge in [0.2, 0.25) is 0 Å². The van der Waals surface area contributed by atoms with Crippen LogP contribution in [0, 0.1) is 6.92 Å². The van der Waals surface area contributed by atoms with Gasteiger partial charge in [0, 0.05) is 23.3 Å². The summed E-state index contributed by atoms with van der Waals surface area (Å²) in [5.74, 6) is 0.437. The Morgan fingerprint density at radius 2 is 2.08 bits per heavy atom. The number of amides is 1. The third-order valence-corrected chi connectivity index (χ3v) is 5.22. The Hall–Kier alpha value is -2.67. The van der Waals surface area contributed by atoms with Crippen molar-refractivity contribution in [3.05, 3.63) is 63.0 Å². The van der Waals surface area contributed by atoms with Crippen LogP contribution in [0.3, 0.4) is 0 Å². The third kappa shape index (κ3) is 3.77. The van der Waals surface area contributed by atoms with Crippen LogP contribution in [0.15, 0.2) is 40.6 Å². The van der Waals surface area contributed by atoms with E-state index in [4.69, 9.17) is 4.74 Å². The first-order chi connectivity index (χ1) is 12.5. The monoisotopic (exact) mass is 371 g/mol. The largest absolute Gasteiger partial charge is 0.497 e. The van der Waals surface area contributed by atoms with E-state index in [1.54, 1.807) is 7.11 Å². The normalized spacial score (nSPS) is 12.1. The quantitative estimate of drug-likeness (QED) is 0.723. The second-order valence-electron chi connectivity index (χ2n) is 6.23. The van der Waals surface area contributed by atoms with Crippen molar-refractivity contribution in [2.45, 2.75) is 32.7 Å². The van der Waals surface area contributed by atoms with Crippen LogP contribution >= 0.6 is 11.3 Å². The SMILES string of the molecule is COc1ccc(CCC(C)NC(=O)c2cnc3scc(C)n3c2=O)cc1. The van der Waals surface area contributed by atoms with Gasteiger partial charge >= 0.3 is 0 Å². The standard InChI is InChI=1S/C19H21N3O3S/c1-12(4-5-14-6-8-15(25-3)9-7-14)21-17(23)16-10-20-19-22(18(16)24)13(2)11-26-19/h6-12H,4-5H2,1-3H3,(H,21,23). The Morgan fingerprint density at radius 1 is 1.35 bits per heavy atom. The highest BCUT2D eigenvalue weighted by Gasteiger charge is 2.17. The zero-order chi connectivity index (χ0) is 18.7. The molecule has 1 unspecified atom stereocenters. The van der Waals surface area contributed by atoms with Gasteiger partial charge in [-0.15, -0.1) is 11.3 Å². The molecule has 6 nitrogen and oxygen atoms in total. The minimum atomic E-state index is -0.385. The summed E-state index contributed by atoms with van der Waals surface area (Å²) in [6.07, 6.45) is 2.96. The number of benzene rings is 1. The highest BCUT2D eigenvalue weighted by Crippen LogP contribution is 2.14. The van der Waals surface area contributed by atoms with E-state index >= 15 is 0 Å². The fraction of sp³-hybridized carbons (Fsp3) is 0.316. The summed E-state index contributed by atoms with van der Waals surface area (Å²) in [5, 5.41) is 4.74. The molecule has 26 heavy (non-hydrogen) atoms. The van der Waals surface area contributed by atoms with Crippen LogP contribution in [-0.2, 0) is 6.42 Å². The van der Waals surface area contributed by atoms with Crippen LogP contribution in [0.2, 0.25) is 0 Å². The molecule has 2 heterocycles. The van der Waals surface area contributed by atoms with E-state index in [2.05, 4.69) is 10.3 Å². The molecule has 0 aliphatic carbocycles. The maximum absolute atomic E-state index is 12.5. The molecule has 3 aromatic rings. The smallest absolute Gasteiger partial charge is 0.271 e. The van der Waals surface area contributed by atoms with Gasteiger partial charge in [0.05, 0.1) is 7.11 Å². The average molecular weight is 371 g/mol. The Kier molecular flexibility index (Phi) is 5.37. The van der Waals surface area contributed by atoms with Crippen molar-refractivity contribution in [3.63, 3.8) is 0 Å². The highest BCUT2D eigenvalue weighted by molar-refractivity contribution is 7.15. The van der Waals surface area contributed by atoms with Gasteiger partial charge in [0.1, 0.15) is 11.3 Å². The number of fused-ring (bicyclic) bond motifs is 1. The molecule has 0 radical (unpaired) electrons. The first-order valence-corrected chi connectivity index (χ1v) is 9.27. The highest BCUT2D eigenvalue weighted by atomic mass is 32.1. The Balaban J connectivity index is 1.64. The second kappa shape index (κ2) is 7.70. The zero-order valence-electron chi connectivity index (χ0n) is 15.0. The Labute approximate surface area is 155 Å².